The lowest BCUT2D eigenvalue weighted by Crippen LogP contribution is -2.35. The molecular formula is C29H29N5O2S2. The number of amides is 1. The fourth-order valence-corrected chi connectivity index (χ4v) is 5.94. The summed E-state index contributed by atoms with van der Waals surface area (Å²) in [6.45, 7) is 5.50. The molecule has 2 aromatic carbocycles. The van der Waals surface area contributed by atoms with E-state index >= 15 is 0 Å². The van der Waals surface area contributed by atoms with Crippen LogP contribution in [0.2, 0.25) is 0 Å². The first kappa shape index (κ1) is 26.1. The van der Waals surface area contributed by atoms with Crippen LogP contribution in [0.4, 0.5) is 0 Å². The molecule has 7 nitrogen and oxygen atoms in total. The van der Waals surface area contributed by atoms with Crippen LogP contribution in [0.1, 0.15) is 43.0 Å². The van der Waals surface area contributed by atoms with Gasteiger partial charge in [-0.25, -0.2) is 0 Å². The number of hydrogen-bond donors (Lipinski definition) is 1. The van der Waals surface area contributed by atoms with E-state index in [1.807, 2.05) is 53.2 Å². The smallest absolute Gasteiger partial charge is 0.283 e. The molecule has 0 radical (unpaired) electrons. The Hall–Kier alpha value is -3.56. The number of rotatable bonds is 9. The van der Waals surface area contributed by atoms with Crippen molar-refractivity contribution in [3.05, 3.63) is 95.3 Å². The summed E-state index contributed by atoms with van der Waals surface area (Å²) >= 11 is 2.90. The lowest BCUT2D eigenvalue weighted by atomic mass is 9.99. The summed E-state index contributed by atoms with van der Waals surface area (Å²) in [5.41, 5.74) is 3.52. The van der Waals surface area contributed by atoms with Crippen LogP contribution in [0.5, 0.6) is 5.75 Å². The van der Waals surface area contributed by atoms with Crippen LogP contribution < -0.4 is 4.74 Å². The minimum atomic E-state index is -0.427. The van der Waals surface area contributed by atoms with Crippen molar-refractivity contribution in [2.75, 3.05) is 6.61 Å². The second-order valence-corrected chi connectivity index (χ2v) is 11.2. The van der Waals surface area contributed by atoms with Gasteiger partial charge < -0.3 is 9.30 Å². The van der Waals surface area contributed by atoms with Crippen molar-refractivity contribution in [2.45, 2.75) is 38.5 Å². The molecule has 1 N–H and O–H groups in total. The Labute approximate surface area is 231 Å². The fraction of sp³-hybridized carbons (Fsp3) is 0.241. The fourth-order valence-electron chi connectivity index (χ4n) is 4.05. The number of aliphatic imine (C=N–C) groups is 1. The van der Waals surface area contributed by atoms with E-state index in [9.17, 15) is 4.79 Å². The molecule has 38 heavy (non-hydrogen) atoms. The number of hydrogen-bond acceptors (Lipinski definition) is 6. The van der Waals surface area contributed by atoms with Crippen molar-refractivity contribution >= 4 is 50.9 Å². The summed E-state index contributed by atoms with van der Waals surface area (Å²) in [6, 6.07) is 22.2. The topological polar surface area (TPSA) is 83.0 Å². The number of amidine groups is 2. The van der Waals surface area contributed by atoms with Crippen LogP contribution in [0.3, 0.4) is 0 Å². The minimum Gasteiger partial charge on any atom is -0.492 e. The quantitative estimate of drug-likeness (QED) is 0.308. The molecule has 3 aromatic rings. The SMILES string of the molecule is CC[C@H](C)c1ccc(OCCn2cccc2/C=C2/C(=N)N3N=C(SCc4ccccc4)SC3=NC2=O)cc1. The maximum absolute atomic E-state index is 12.8. The number of benzene rings is 2. The number of carbonyl (C=O) groups is 1. The standard InChI is InChI=1S/C29H29N5O2S2/c1-3-20(2)22-11-13-24(14-12-22)36-17-16-33-15-7-10-23(33)18-25-26(30)34-28(31-27(25)35)38-29(32-34)37-19-21-8-5-4-6-9-21/h4-15,18,20,30H,3,16-17,19H2,1-2H3/b25-18-,30-26?/t20-/m0/s1. The molecule has 0 bridgehead atoms. The van der Waals surface area contributed by atoms with Crippen LogP contribution in [-0.2, 0) is 17.1 Å². The van der Waals surface area contributed by atoms with Crippen LogP contribution in [0.25, 0.3) is 6.08 Å². The van der Waals surface area contributed by atoms with E-state index in [2.05, 4.69) is 48.2 Å². The number of carbonyl (C=O) groups excluding carboxylic acids is 1. The average Bonchev–Trinajstić information content (AvgIpc) is 3.57. The molecule has 0 fully saturated rings. The molecule has 3 heterocycles. The van der Waals surface area contributed by atoms with Gasteiger partial charge in [-0.1, -0.05) is 68.1 Å². The molecule has 0 saturated heterocycles. The Balaban J connectivity index is 1.22. The van der Waals surface area contributed by atoms with Crippen LogP contribution in [-0.4, -0.2) is 37.5 Å². The minimum absolute atomic E-state index is 0.0354. The van der Waals surface area contributed by atoms with Crippen molar-refractivity contribution in [3.8, 4) is 5.75 Å². The molecule has 0 saturated carbocycles. The van der Waals surface area contributed by atoms with Gasteiger partial charge in [-0.05, 0) is 65.6 Å². The van der Waals surface area contributed by atoms with E-state index in [0.717, 1.165) is 28.0 Å². The second-order valence-electron chi connectivity index (χ2n) is 9.01. The highest BCUT2D eigenvalue weighted by Crippen LogP contribution is 2.33. The van der Waals surface area contributed by atoms with E-state index in [-0.39, 0.29) is 11.4 Å². The van der Waals surface area contributed by atoms with Gasteiger partial charge in [-0.3, -0.25) is 10.2 Å². The largest absolute Gasteiger partial charge is 0.492 e. The summed E-state index contributed by atoms with van der Waals surface area (Å²) in [6.07, 6.45) is 4.76. The molecule has 0 spiro atoms. The summed E-state index contributed by atoms with van der Waals surface area (Å²) in [5, 5.41) is 15.1. The first-order chi connectivity index (χ1) is 18.5. The number of hydrazone groups is 1. The highest BCUT2D eigenvalue weighted by molar-refractivity contribution is 8.45. The van der Waals surface area contributed by atoms with Crippen molar-refractivity contribution < 1.29 is 9.53 Å². The van der Waals surface area contributed by atoms with Gasteiger partial charge in [-0.15, -0.1) is 5.10 Å². The second kappa shape index (κ2) is 11.9. The van der Waals surface area contributed by atoms with Gasteiger partial charge in [0.05, 0.1) is 12.1 Å². The van der Waals surface area contributed by atoms with Crippen molar-refractivity contribution in [2.24, 2.45) is 10.1 Å². The van der Waals surface area contributed by atoms with Gasteiger partial charge in [0.2, 0.25) is 5.17 Å². The Morgan fingerprint density at radius 2 is 1.89 bits per heavy atom. The average molecular weight is 544 g/mol. The van der Waals surface area contributed by atoms with Crippen molar-refractivity contribution in [3.63, 3.8) is 0 Å². The zero-order valence-corrected chi connectivity index (χ0v) is 23.0. The molecule has 194 valence electrons. The van der Waals surface area contributed by atoms with E-state index < -0.39 is 5.91 Å². The molecular weight excluding hydrogens is 514 g/mol. The molecule has 1 atom stereocenters. The molecule has 2 aliphatic heterocycles. The maximum Gasteiger partial charge on any atom is 0.283 e. The predicted molar refractivity (Wildman–Crippen MR) is 158 cm³/mol. The number of fused-ring (bicyclic) bond motifs is 1. The Kier molecular flexibility index (Phi) is 8.14. The molecule has 9 heteroatoms. The van der Waals surface area contributed by atoms with Crippen molar-refractivity contribution in [1.29, 1.82) is 5.41 Å². The third kappa shape index (κ3) is 5.95. The first-order valence-electron chi connectivity index (χ1n) is 12.6. The van der Waals surface area contributed by atoms with Crippen molar-refractivity contribution in [1.82, 2.24) is 9.58 Å². The lowest BCUT2D eigenvalue weighted by Gasteiger charge is -2.20. The molecule has 0 unspecified atom stereocenters. The van der Waals surface area contributed by atoms with E-state index in [1.165, 1.54) is 27.9 Å². The van der Waals surface area contributed by atoms with Gasteiger partial charge in [0.1, 0.15) is 12.4 Å². The highest BCUT2D eigenvalue weighted by atomic mass is 32.2. The number of nitrogens with one attached hydrogen (secondary N) is 1. The Bertz CT molecular complexity index is 1410. The Morgan fingerprint density at radius 3 is 2.66 bits per heavy atom. The number of aromatic nitrogens is 1. The summed E-state index contributed by atoms with van der Waals surface area (Å²) < 4.78 is 8.73. The van der Waals surface area contributed by atoms with Gasteiger partial charge >= 0.3 is 0 Å². The lowest BCUT2D eigenvalue weighted by molar-refractivity contribution is -0.114. The van der Waals surface area contributed by atoms with Gasteiger partial charge in [0.25, 0.3) is 5.91 Å². The number of thioether (sulfide) groups is 2. The van der Waals surface area contributed by atoms with Gasteiger partial charge in [0, 0.05) is 17.6 Å². The summed E-state index contributed by atoms with van der Waals surface area (Å²) in [5.74, 6) is 1.73. The molecule has 5 rings (SSSR count). The van der Waals surface area contributed by atoms with E-state index in [0.29, 0.717) is 24.2 Å². The van der Waals surface area contributed by atoms with Crippen LogP contribution >= 0.6 is 23.5 Å². The van der Waals surface area contributed by atoms with Crippen LogP contribution in [0.15, 0.2) is 88.6 Å². The molecule has 2 aliphatic rings. The predicted octanol–water partition coefficient (Wildman–Crippen LogP) is 6.59. The normalized spacial score (nSPS) is 16.9. The number of ether oxygens (including phenoxy) is 1. The molecule has 0 aliphatic carbocycles. The zero-order valence-electron chi connectivity index (χ0n) is 21.3. The third-order valence-corrected chi connectivity index (χ3v) is 8.57. The first-order valence-corrected chi connectivity index (χ1v) is 14.4. The van der Waals surface area contributed by atoms with Gasteiger partial charge in [-0.2, -0.15) is 10.0 Å². The zero-order chi connectivity index (χ0) is 26.5. The molecule has 1 amide bonds. The maximum atomic E-state index is 12.8. The Morgan fingerprint density at radius 1 is 1.11 bits per heavy atom. The number of nitrogens with zero attached hydrogens (tertiary/aromatic N) is 4. The summed E-state index contributed by atoms with van der Waals surface area (Å²) in [7, 11) is 0. The monoisotopic (exact) mass is 543 g/mol. The van der Waals surface area contributed by atoms with Crippen LogP contribution in [0, 0.1) is 5.41 Å². The van der Waals surface area contributed by atoms with E-state index in [1.54, 1.807) is 17.8 Å². The highest BCUT2D eigenvalue weighted by Gasteiger charge is 2.36. The third-order valence-electron chi connectivity index (χ3n) is 6.46. The van der Waals surface area contributed by atoms with Gasteiger partial charge in [0.15, 0.2) is 10.2 Å². The summed E-state index contributed by atoms with van der Waals surface area (Å²) in [4.78, 5) is 17.1. The van der Waals surface area contributed by atoms with E-state index in [4.69, 9.17) is 10.1 Å². The molecule has 1 aromatic heterocycles.